The third kappa shape index (κ3) is 4.61. The van der Waals surface area contributed by atoms with Crippen molar-refractivity contribution in [2.45, 2.75) is 11.9 Å². The second kappa shape index (κ2) is 8.49. The molecule has 132 valence electrons. The number of carbonyl (C=O) groups is 1. The molecular weight excluding hydrogens is 346 g/mol. The number of nitrogens with zero attached hydrogens (tertiary/aromatic N) is 2. The van der Waals surface area contributed by atoms with Crippen LogP contribution in [0.4, 0.5) is 5.69 Å². The van der Waals surface area contributed by atoms with Crippen LogP contribution in [0.2, 0.25) is 0 Å². The molecule has 0 aliphatic rings. The summed E-state index contributed by atoms with van der Waals surface area (Å²) in [5.74, 6) is 0.758. The van der Waals surface area contributed by atoms with Crippen molar-refractivity contribution in [2.75, 3.05) is 18.2 Å². The van der Waals surface area contributed by atoms with Crippen molar-refractivity contribution in [3.8, 4) is 17.0 Å². The van der Waals surface area contributed by atoms with Gasteiger partial charge in [0.25, 0.3) is 0 Å². The van der Waals surface area contributed by atoms with Crippen molar-refractivity contribution in [3.05, 3.63) is 66.2 Å². The molecule has 0 unspecified atom stereocenters. The number of benzene rings is 2. The van der Waals surface area contributed by atoms with Gasteiger partial charge in [0.15, 0.2) is 0 Å². The maximum absolute atomic E-state index is 12.1. The Bertz CT molecular complexity index is 880. The van der Waals surface area contributed by atoms with Crippen LogP contribution in [0.25, 0.3) is 11.3 Å². The minimum absolute atomic E-state index is 0.121. The van der Waals surface area contributed by atoms with Gasteiger partial charge < -0.3 is 10.1 Å². The fraction of sp³-hybridized carbons (Fsp3) is 0.150. The molecule has 3 rings (SSSR count). The summed E-state index contributed by atoms with van der Waals surface area (Å²) in [7, 11) is 1.57. The smallest absolute Gasteiger partial charge is 0.234 e. The highest BCUT2D eigenvalue weighted by Gasteiger charge is 2.09. The van der Waals surface area contributed by atoms with E-state index in [-0.39, 0.29) is 11.7 Å². The van der Waals surface area contributed by atoms with Gasteiger partial charge in [-0.2, -0.15) is 0 Å². The van der Waals surface area contributed by atoms with Gasteiger partial charge in [-0.25, -0.2) is 0 Å². The molecule has 6 heteroatoms. The zero-order valence-corrected chi connectivity index (χ0v) is 15.4. The molecule has 1 amide bonds. The van der Waals surface area contributed by atoms with E-state index in [9.17, 15) is 4.79 Å². The largest absolute Gasteiger partial charge is 0.495 e. The number of hydrogen-bond donors (Lipinski definition) is 1. The first-order valence-corrected chi connectivity index (χ1v) is 9.11. The van der Waals surface area contributed by atoms with E-state index < -0.39 is 0 Å². The first-order valence-electron chi connectivity index (χ1n) is 8.12. The number of ether oxygens (including phenoxy) is 1. The number of amides is 1. The number of para-hydroxylation sites is 2. The lowest BCUT2D eigenvalue weighted by Crippen LogP contribution is -2.14. The molecule has 0 aliphatic carbocycles. The number of carbonyl (C=O) groups excluding carboxylic acids is 1. The van der Waals surface area contributed by atoms with E-state index in [0.29, 0.717) is 16.5 Å². The number of anilines is 1. The number of aryl methyl sites for hydroxylation is 1. The minimum Gasteiger partial charge on any atom is -0.495 e. The molecule has 26 heavy (non-hydrogen) atoms. The van der Waals surface area contributed by atoms with E-state index in [2.05, 4.69) is 15.5 Å². The second-order valence-corrected chi connectivity index (χ2v) is 6.66. The van der Waals surface area contributed by atoms with Crippen molar-refractivity contribution in [2.24, 2.45) is 0 Å². The van der Waals surface area contributed by atoms with Gasteiger partial charge in [0.05, 0.1) is 24.2 Å². The number of nitrogens with one attached hydrogen (secondary N) is 1. The SMILES string of the molecule is COc1ccccc1NC(=O)CSc1ccc(-c2ccc(C)cc2)nn1. The van der Waals surface area contributed by atoms with Crippen LogP contribution in [0.15, 0.2) is 65.7 Å². The molecular formula is C20H19N3O2S. The Hall–Kier alpha value is -2.86. The maximum atomic E-state index is 12.1. The topological polar surface area (TPSA) is 64.1 Å². The fourth-order valence-electron chi connectivity index (χ4n) is 2.35. The number of rotatable bonds is 6. The van der Waals surface area contributed by atoms with Crippen molar-refractivity contribution in [1.29, 1.82) is 0 Å². The average Bonchev–Trinajstić information content (AvgIpc) is 2.68. The van der Waals surface area contributed by atoms with E-state index in [1.54, 1.807) is 19.2 Å². The van der Waals surface area contributed by atoms with Crippen molar-refractivity contribution >= 4 is 23.4 Å². The predicted molar refractivity (Wildman–Crippen MR) is 105 cm³/mol. The molecule has 0 spiro atoms. The van der Waals surface area contributed by atoms with E-state index >= 15 is 0 Å². The molecule has 2 aromatic carbocycles. The highest BCUT2D eigenvalue weighted by molar-refractivity contribution is 7.99. The van der Waals surface area contributed by atoms with E-state index in [0.717, 1.165) is 11.3 Å². The van der Waals surface area contributed by atoms with Gasteiger partial charge in [0.1, 0.15) is 10.8 Å². The summed E-state index contributed by atoms with van der Waals surface area (Å²) in [6.45, 7) is 2.05. The lowest BCUT2D eigenvalue weighted by atomic mass is 10.1. The van der Waals surface area contributed by atoms with Crippen molar-refractivity contribution < 1.29 is 9.53 Å². The van der Waals surface area contributed by atoms with E-state index in [1.165, 1.54) is 17.3 Å². The predicted octanol–water partition coefficient (Wildman–Crippen LogP) is 4.19. The van der Waals surface area contributed by atoms with Crippen LogP contribution in [0.1, 0.15) is 5.56 Å². The normalized spacial score (nSPS) is 10.4. The van der Waals surface area contributed by atoms with Gasteiger partial charge in [-0.05, 0) is 31.2 Å². The minimum atomic E-state index is -0.121. The Balaban J connectivity index is 1.57. The van der Waals surface area contributed by atoms with Gasteiger partial charge in [0, 0.05) is 5.56 Å². The van der Waals surface area contributed by atoms with Crippen molar-refractivity contribution in [1.82, 2.24) is 10.2 Å². The van der Waals surface area contributed by atoms with Crippen molar-refractivity contribution in [3.63, 3.8) is 0 Å². The van der Waals surface area contributed by atoms with Gasteiger partial charge in [-0.3, -0.25) is 4.79 Å². The monoisotopic (exact) mass is 365 g/mol. The lowest BCUT2D eigenvalue weighted by Gasteiger charge is -2.09. The highest BCUT2D eigenvalue weighted by atomic mass is 32.2. The Morgan fingerprint density at radius 3 is 2.50 bits per heavy atom. The molecule has 0 bridgehead atoms. The third-order valence-corrected chi connectivity index (χ3v) is 4.64. The lowest BCUT2D eigenvalue weighted by molar-refractivity contribution is -0.113. The summed E-state index contributed by atoms with van der Waals surface area (Å²) in [5.41, 5.74) is 3.69. The van der Waals surface area contributed by atoms with Gasteiger partial charge in [0.2, 0.25) is 5.91 Å². The standard InChI is InChI=1S/C20H19N3O2S/c1-14-7-9-15(10-8-14)16-11-12-20(23-22-16)26-13-19(24)21-17-5-3-4-6-18(17)25-2/h3-12H,13H2,1-2H3,(H,21,24). The summed E-state index contributed by atoms with van der Waals surface area (Å²) >= 11 is 1.34. The molecule has 1 aromatic heterocycles. The molecule has 0 atom stereocenters. The fourth-order valence-corrected chi connectivity index (χ4v) is 2.96. The number of methoxy groups -OCH3 is 1. The van der Waals surface area contributed by atoms with Crippen LogP contribution in [0.5, 0.6) is 5.75 Å². The molecule has 5 nitrogen and oxygen atoms in total. The Morgan fingerprint density at radius 1 is 1.04 bits per heavy atom. The molecule has 3 aromatic rings. The van der Waals surface area contributed by atoms with E-state index in [1.807, 2.05) is 55.5 Å². The third-order valence-electron chi connectivity index (χ3n) is 3.72. The van der Waals surface area contributed by atoms with Crippen LogP contribution in [0.3, 0.4) is 0 Å². The quantitative estimate of drug-likeness (QED) is 0.664. The highest BCUT2D eigenvalue weighted by Crippen LogP contribution is 2.24. The summed E-state index contributed by atoms with van der Waals surface area (Å²) in [6, 6.07) is 19.2. The van der Waals surface area contributed by atoms with Crippen LogP contribution >= 0.6 is 11.8 Å². The first kappa shape index (κ1) is 17.9. The molecule has 0 fully saturated rings. The summed E-state index contributed by atoms with van der Waals surface area (Å²) in [6.07, 6.45) is 0. The number of thioether (sulfide) groups is 1. The summed E-state index contributed by atoms with van der Waals surface area (Å²) in [5, 5.41) is 12.0. The zero-order chi connectivity index (χ0) is 18.4. The van der Waals surface area contributed by atoms with Crippen LogP contribution < -0.4 is 10.1 Å². The first-order chi connectivity index (χ1) is 12.7. The van der Waals surface area contributed by atoms with Crippen LogP contribution in [0, 0.1) is 6.92 Å². The van der Waals surface area contributed by atoms with Crippen LogP contribution in [-0.4, -0.2) is 29.0 Å². The zero-order valence-electron chi connectivity index (χ0n) is 14.6. The Kier molecular flexibility index (Phi) is 5.86. The maximum Gasteiger partial charge on any atom is 0.234 e. The molecule has 0 saturated heterocycles. The van der Waals surface area contributed by atoms with Crippen LogP contribution in [-0.2, 0) is 4.79 Å². The van der Waals surface area contributed by atoms with Gasteiger partial charge in [-0.15, -0.1) is 10.2 Å². The molecule has 0 radical (unpaired) electrons. The van der Waals surface area contributed by atoms with Gasteiger partial charge >= 0.3 is 0 Å². The molecule has 1 N–H and O–H groups in total. The number of hydrogen-bond acceptors (Lipinski definition) is 5. The second-order valence-electron chi connectivity index (χ2n) is 5.66. The average molecular weight is 365 g/mol. The summed E-state index contributed by atoms with van der Waals surface area (Å²) < 4.78 is 5.23. The number of aromatic nitrogens is 2. The van der Waals surface area contributed by atoms with E-state index in [4.69, 9.17) is 4.74 Å². The molecule has 1 heterocycles. The summed E-state index contributed by atoms with van der Waals surface area (Å²) in [4.78, 5) is 12.1. The Labute approximate surface area is 156 Å². The molecule has 0 aliphatic heterocycles. The Morgan fingerprint density at radius 2 is 1.81 bits per heavy atom. The van der Waals surface area contributed by atoms with Gasteiger partial charge in [-0.1, -0.05) is 53.7 Å². The molecule has 0 saturated carbocycles.